The van der Waals surface area contributed by atoms with Crippen LogP contribution in [0.5, 0.6) is 12.0 Å². The number of nitrogens with zero attached hydrogens (tertiary/aromatic N) is 4. The van der Waals surface area contributed by atoms with E-state index in [9.17, 15) is 0 Å². The highest BCUT2D eigenvalue weighted by atomic mass is 79.9. The fourth-order valence-corrected chi connectivity index (χ4v) is 2.94. The molecule has 1 fully saturated rings. The molecule has 1 aromatic heterocycles. The van der Waals surface area contributed by atoms with Crippen LogP contribution < -0.4 is 14.4 Å². The molecule has 19 heavy (non-hydrogen) atoms. The quantitative estimate of drug-likeness (QED) is 0.768. The number of aromatic nitrogens is 3. The van der Waals surface area contributed by atoms with Gasteiger partial charge in [-0.3, -0.25) is 0 Å². The number of piperidine rings is 1. The van der Waals surface area contributed by atoms with E-state index < -0.39 is 0 Å². The van der Waals surface area contributed by atoms with E-state index in [0.29, 0.717) is 23.9 Å². The Hall–Kier alpha value is -1.11. The van der Waals surface area contributed by atoms with Crippen molar-refractivity contribution < 1.29 is 9.47 Å². The molecule has 7 heteroatoms. The minimum atomic E-state index is 0.296. The smallest absolute Gasteiger partial charge is 0.324 e. The van der Waals surface area contributed by atoms with Crippen LogP contribution in [0.1, 0.15) is 19.3 Å². The number of methoxy groups -OCH3 is 2. The van der Waals surface area contributed by atoms with Crippen LogP contribution in [0.25, 0.3) is 0 Å². The zero-order chi connectivity index (χ0) is 13.7. The second-order valence-corrected chi connectivity index (χ2v) is 5.33. The van der Waals surface area contributed by atoms with Crippen LogP contribution in [-0.2, 0) is 0 Å². The summed E-state index contributed by atoms with van der Waals surface area (Å²) in [6, 6.07) is 0.592. The molecular weight excluding hydrogens is 312 g/mol. The Balaban J connectivity index is 2.15. The van der Waals surface area contributed by atoms with Crippen LogP contribution in [0.2, 0.25) is 0 Å². The van der Waals surface area contributed by atoms with E-state index in [1.807, 2.05) is 0 Å². The van der Waals surface area contributed by atoms with Crippen molar-refractivity contribution in [2.24, 2.45) is 5.92 Å². The largest absolute Gasteiger partial charge is 0.467 e. The molecule has 1 saturated heterocycles. The number of anilines is 1. The summed E-state index contributed by atoms with van der Waals surface area (Å²) in [7, 11) is 3.09. The Kier molecular flexibility index (Phi) is 5.18. The van der Waals surface area contributed by atoms with E-state index in [-0.39, 0.29) is 0 Å². The lowest BCUT2D eigenvalue weighted by molar-refractivity contribution is 0.336. The molecule has 0 amide bonds. The average Bonchev–Trinajstić information content (AvgIpc) is 2.47. The molecule has 0 spiro atoms. The first kappa shape index (κ1) is 14.3. The highest BCUT2D eigenvalue weighted by Gasteiger charge is 2.22. The summed E-state index contributed by atoms with van der Waals surface area (Å²) in [5.74, 6) is 1.32. The van der Waals surface area contributed by atoms with Crippen molar-refractivity contribution in [1.29, 1.82) is 0 Å². The van der Waals surface area contributed by atoms with Crippen molar-refractivity contribution in [2.75, 3.05) is 37.5 Å². The Labute approximate surface area is 121 Å². The van der Waals surface area contributed by atoms with E-state index in [4.69, 9.17) is 9.47 Å². The zero-order valence-corrected chi connectivity index (χ0v) is 12.9. The molecular formula is C12H19BrN4O2. The van der Waals surface area contributed by atoms with Gasteiger partial charge in [0.25, 0.3) is 0 Å². The molecule has 1 unspecified atom stereocenters. The third kappa shape index (κ3) is 3.68. The molecule has 0 N–H and O–H groups in total. The normalized spacial score (nSPS) is 19.3. The van der Waals surface area contributed by atoms with Crippen LogP contribution in [0.4, 0.5) is 5.95 Å². The van der Waals surface area contributed by atoms with Gasteiger partial charge in [0.05, 0.1) is 14.2 Å². The predicted molar refractivity (Wildman–Crippen MR) is 76.3 cm³/mol. The topological polar surface area (TPSA) is 60.4 Å². The first-order valence-electron chi connectivity index (χ1n) is 6.41. The summed E-state index contributed by atoms with van der Waals surface area (Å²) in [5.41, 5.74) is 0. The van der Waals surface area contributed by atoms with Gasteiger partial charge < -0.3 is 14.4 Å². The standard InChI is InChI=1S/C12H19BrN4O2/c1-18-11-14-10(15-12(16-11)19-2)17-7-3-4-9(8-17)5-6-13/h9H,3-8H2,1-2H3. The van der Waals surface area contributed by atoms with Gasteiger partial charge >= 0.3 is 12.0 Å². The minimum absolute atomic E-state index is 0.296. The Bertz CT molecular complexity index is 394. The number of rotatable bonds is 5. The highest BCUT2D eigenvalue weighted by molar-refractivity contribution is 9.09. The SMILES string of the molecule is COc1nc(OC)nc(N2CCCC(CCBr)C2)n1. The van der Waals surface area contributed by atoms with Crippen LogP contribution in [0.3, 0.4) is 0 Å². The van der Waals surface area contributed by atoms with Gasteiger partial charge in [-0.25, -0.2) is 0 Å². The van der Waals surface area contributed by atoms with Gasteiger partial charge in [-0.05, 0) is 25.2 Å². The highest BCUT2D eigenvalue weighted by Crippen LogP contribution is 2.25. The monoisotopic (exact) mass is 330 g/mol. The van der Waals surface area contributed by atoms with Crippen molar-refractivity contribution in [2.45, 2.75) is 19.3 Å². The van der Waals surface area contributed by atoms with Gasteiger partial charge in [-0.1, -0.05) is 15.9 Å². The van der Waals surface area contributed by atoms with E-state index in [0.717, 1.165) is 24.8 Å². The molecule has 1 aliphatic heterocycles. The molecule has 0 aromatic carbocycles. The number of halogens is 1. The number of hydrogen-bond donors (Lipinski definition) is 0. The van der Waals surface area contributed by atoms with Crippen LogP contribution in [0, 0.1) is 5.92 Å². The first-order valence-corrected chi connectivity index (χ1v) is 7.54. The third-order valence-corrected chi connectivity index (χ3v) is 3.72. The second-order valence-electron chi connectivity index (χ2n) is 4.54. The van der Waals surface area contributed by atoms with Gasteiger partial charge in [0.2, 0.25) is 5.95 Å². The van der Waals surface area contributed by atoms with E-state index >= 15 is 0 Å². The third-order valence-electron chi connectivity index (χ3n) is 3.27. The molecule has 0 bridgehead atoms. The average molecular weight is 331 g/mol. The van der Waals surface area contributed by atoms with Gasteiger partial charge in [-0.2, -0.15) is 9.97 Å². The summed E-state index contributed by atoms with van der Waals surface area (Å²) >= 11 is 3.51. The molecule has 6 nitrogen and oxygen atoms in total. The summed E-state index contributed by atoms with van der Waals surface area (Å²) in [4.78, 5) is 14.8. The molecule has 0 aliphatic carbocycles. The maximum atomic E-state index is 5.09. The number of ether oxygens (including phenoxy) is 2. The molecule has 0 radical (unpaired) electrons. The number of hydrogen-bond acceptors (Lipinski definition) is 6. The molecule has 0 saturated carbocycles. The molecule has 1 aromatic rings. The zero-order valence-electron chi connectivity index (χ0n) is 11.3. The predicted octanol–water partition coefficient (Wildman–Crippen LogP) is 1.89. The van der Waals surface area contributed by atoms with Crippen molar-refractivity contribution in [3.63, 3.8) is 0 Å². The number of alkyl halides is 1. The van der Waals surface area contributed by atoms with Gasteiger partial charge in [0.15, 0.2) is 0 Å². The lowest BCUT2D eigenvalue weighted by Crippen LogP contribution is -2.36. The minimum Gasteiger partial charge on any atom is -0.467 e. The van der Waals surface area contributed by atoms with Crippen molar-refractivity contribution in [3.8, 4) is 12.0 Å². The summed E-state index contributed by atoms with van der Waals surface area (Å²) in [6.45, 7) is 1.94. The lowest BCUT2D eigenvalue weighted by atomic mass is 9.96. The summed E-state index contributed by atoms with van der Waals surface area (Å²) in [6.07, 6.45) is 3.60. The molecule has 1 aliphatic rings. The van der Waals surface area contributed by atoms with Gasteiger partial charge in [0.1, 0.15) is 0 Å². The lowest BCUT2D eigenvalue weighted by Gasteiger charge is -2.32. The van der Waals surface area contributed by atoms with Crippen LogP contribution >= 0.6 is 15.9 Å². The summed E-state index contributed by atoms with van der Waals surface area (Å²) < 4.78 is 10.2. The fourth-order valence-electron chi connectivity index (χ4n) is 2.29. The fraction of sp³-hybridized carbons (Fsp3) is 0.750. The van der Waals surface area contributed by atoms with E-state index in [1.54, 1.807) is 14.2 Å². The second kappa shape index (κ2) is 6.88. The van der Waals surface area contributed by atoms with Gasteiger partial charge in [-0.15, -0.1) is 4.98 Å². The molecule has 1 atom stereocenters. The van der Waals surface area contributed by atoms with Gasteiger partial charge in [0, 0.05) is 18.4 Å². The van der Waals surface area contributed by atoms with Crippen molar-refractivity contribution in [3.05, 3.63) is 0 Å². The molecule has 2 heterocycles. The van der Waals surface area contributed by atoms with Crippen molar-refractivity contribution >= 4 is 21.9 Å². The summed E-state index contributed by atoms with van der Waals surface area (Å²) in [5, 5.41) is 1.04. The van der Waals surface area contributed by atoms with Crippen LogP contribution in [0.15, 0.2) is 0 Å². The van der Waals surface area contributed by atoms with E-state index in [2.05, 4.69) is 35.8 Å². The Morgan fingerprint density at radius 2 is 1.89 bits per heavy atom. The molecule has 106 valence electrons. The van der Waals surface area contributed by atoms with Crippen molar-refractivity contribution in [1.82, 2.24) is 15.0 Å². The Morgan fingerprint density at radius 3 is 2.47 bits per heavy atom. The van der Waals surface area contributed by atoms with Crippen LogP contribution in [-0.4, -0.2) is 47.6 Å². The van der Waals surface area contributed by atoms with E-state index in [1.165, 1.54) is 12.8 Å². The molecule has 2 rings (SSSR count). The maximum absolute atomic E-state index is 5.09. The maximum Gasteiger partial charge on any atom is 0.324 e. The first-order chi connectivity index (χ1) is 9.26. The Morgan fingerprint density at radius 1 is 1.21 bits per heavy atom.